The lowest BCUT2D eigenvalue weighted by Crippen LogP contribution is -2.46. The lowest BCUT2D eigenvalue weighted by atomic mass is 9.92. The summed E-state index contributed by atoms with van der Waals surface area (Å²) in [5, 5.41) is 28.3. The first-order valence-electron chi connectivity index (χ1n) is 14.7. The third-order valence-electron chi connectivity index (χ3n) is 7.39. The summed E-state index contributed by atoms with van der Waals surface area (Å²) in [5.41, 5.74) is 1.59. The van der Waals surface area contributed by atoms with Gasteiger partial charge in [-0.15, -0.1) is 0 Å². The first kappa shape index (κ1) is 34.5. The molecule has 2 aromatic carbocycles. The van der Waals surface area contributed by atoms with Crippen molar-refractivity contribution >= 4 is 39.4 Å². The second-order valence-corrected chi connectivity index (χ2v) is 13.5. The van der Waals surface area contributed by atoms with Crippen molar-refractivity contribution < 1.29 is 37.8 Å². The smallest absolute Gasteiger partial charge is 0.335 e. The van der Waals surface area contributed by atoms with Crippen LogP contribution in [0.1, 0.15) is 72.7 Å². The van der Waals surface area contributed by atoms with Gasteiger partial charge in [-0.3, -0.25) is 18.7 Å². The molecule has 3 amide bonds. The number of amides is 3. The number of aromatic carboxylic acids is 1. The fraction of sp³-hybridized carbons (Fsp3) is 0.484. The molecule has 1 saturated heterocycles. The summed E-state index contributed by atoms with van der Waals surface area (Å²) in [6.07, 6.45) is 0.0691. The number of sulfonamides is 1. The topological polar surface area (TPSA) is 182 Å². The van der Waals surface area contributed by atoms with Gasteiger partial charge in [0.2, 0.25) is 21.8 Å². The number of carboxylic acids is 1. The minimum atomic E-state index is -3.40. The van der Waals surface area contributed by atoms with Crippen molar-refractivity contribution in [3.05, 3.63) is 65.2 Å². The van der Waals surface area contributed by atoms with Crippen molar-refractivity contribution in [3.63, 3.8) is 0 Å². The molecule has 0 aliphatic carbocycles. The highest BCUT2D eigenvalue weighted by molar-refractivity contribution is 7.93. The normalized spacial score (nSPS) is 16.2. The molecule has 0 bridgehead atoms. The highest BCUT2D eigenvalue weighted by Gasteiger charge is 2.30. The first-order valence-corrected chi connectivity index (χ1v) is 16.3. The highest BCUT2D eigenvalue weighted by Crippen LogP contribution is 2.25. The Hall–Kier alpha value is -3.97. The van der Waals surface area contributed by atoms with Gasteiger partial charge in [0, 0.05) is 37.5 Å². The average molecular weight is 631 g/mol. The van der Waals surface area contributed by atoms with Crippen LogP contribution in [-0.4, -0.2) is 73.3 Å². The number of hydrogen-bond acceptors (Lipinski definition) is 7. The predicted molar refractivity (Wildman–Crippen MR) is 166 cm³/mol. The standard InChI is InChI=1S/C31H42N4O8S/c1-20(2)16-26(34-30(39)24-6-4-7-25(18-24)35-14-5-15-44(35,42)43)27(36)17-21(3)29(38)32-13-12-28(37)33-19-22-8-10-23(11-9-22)31(40)41/h4,6-11,18,20-21,26-27,36H,5,12-17,19H2,1-3H3,(H,32,38)(H,33,37)(H,34,39)(H,40,41)/t21-,26+,27+/m1/s1. The molecule has 12 nitrogen and oxygen atoms in total. The largest absolute Gasteiger partial charge is 0.478 e. The van der Waals surface area contributed by atoms with Crippen LogP contribution in [0.4, 0.5) is 5.69 Å². The number of aliphatic hydroxyl groups is 1. The van der Waals surface area contributed by atoms with E-state index in [1.165, 1.54) is 22.5 Å². The quantitative estimate of drug-likeness (QED) is 0.199. The lowest BCUT2D eigenvalue weighted by Gasteiger charge is -2.27. The second kappa shape index (κ2) is 15.7. The molecule has 3 rings (SSSR count). The highest BCUT2D eigenvalue weighted by atomic mass is 32.2. The van der Waals surface area contributed by atoms with E-state index < -0.39 is 40.0 Å². The lowest BCUT2D eigenvalue weighted by molar-refractivity contribution is -0.126. The molecule has 240 valence electrons. The van der Waals surface area contributed by atoms with Crippen LogP contribution in [0.3, 0.4) is 0 Å². The second-order valence-electron chi connectivity index (χ2n) is 11.5. The van der Waals surface area contributed by atoms with Crippen LogP contribution in [0.25, 0.3) is 0 Å². The van der Waals surface area contributed by atoms with Crippen LogP contribution in [0.5, 0.6) is 0 Å². The van der Waals surface area contributed by atoms with E-state index in [1.807, 2.05) is 13.8 Å². The molecule has 1 aliphatic heterocycles. The molecule has 0 aromatic heterocycles. The number of nitrogens with zero attached hydrogens (tertiary/aromatic N) is 1. The first-order chi connectivity index (χ1) is 20.8. The summed E-state index contributed by atoms with van der Waals surface area (Å²) < 4.78 is 25.9. The van der Waals surface area contributed by atoms with E-state index in [4.69, 9.17) is 5.11 Å². The molecular formula is C31H42N4O8S. The fourth-order valence-electron chi connectivity index (χ4n) is 4.96. The van der Waals surface area contributed by atoms with E-state index in [9.17, 15) is 32.7 Å². The molecule has 0 spiro atoms. The van der Waals surface area contributed by atoms with Gasteiger partial charge >= 0.3 is 5.97 Å². The Kier molecular flexibility index (Phi) is 12.3. The number of aliphatic hydroxyl groups excluding tert-OH is 1. The zero-order chi connectivity index (χ0) is 32.4. The maximum absolute atomic E-state index is 13.1. The Balaban J connectivity index is 1.48. The van der Waals surface area contributed by atoms with Gasteiger partial charge in [-0.05, 0) is 61.1 Å². The molecule has 1 heterocycles. The number of rotatable bonds is 15. The number of carboxylic acid groups (broad SMARTS) is 1. The van der Waals surface area contributed by atoms with Crippen molar-refractivity contribution in [1.29, 1.82) is 0 Å². The van der Waals surface area contributed by atoms with Crippen molar-refractivity contribution in [2.75, 3.05) is 23.1 Å². The van der Waals surface area contributed by atoms with Crippen molar-refractivity contribution in [2.45, 2.75) is 65.1 Å². The molecule has 0 unspecified atom stereocenters. The molecule has 1 aliphatic rings. The van der Waals surface area contributed by atoms with E-state index in [0.717, 1.165) is 5.56 Å². The van der Waals surface area contributed by atoms with Gasteiger partial charge in [0.15, 0.2) is 0 Å². The molecule has 5 N–H and O–H groups in total. The molecule has 1 fully saturated rings. The third-order valence-corrected chi connectivity index (χ3v) is 9.26. The number of anilines is 1. The van der Waals surface area contributed by atoms with E-state index in [0.29, 0.717) is 25.1 Å². The molecule has 0 saturated carbocycles. The maximum Gasteiger partial charge on any atom is 0.335 e. The van der Waals surface area contributed by atoms with Crippen LogP contribution >= 0.6 is 0 Å². The van der Waals surface area contributed by atoms with Gasteiger partial charge in [-0.1, -0.05) is 39.0 Å². The Bertz CT molecular complexity index is 1430. The summed E-state index contributed by atoms with van der Waals surface area (Å²) in [6, 6.07) is 11.9. The minimum absolute atomic E-state index is 0.0397. The van der Waals surface area contributed by atoms with Gasteiger partial charge in [0.05, 0.1) is 29.1 Å². The van der Waals surface area contributed by atoms with Crippen LogP contribution in [0, 0.1) is 11.8 Å². The summed E-state index contributed by atoms with van der Waals surface area (Å²) in [6.45, 7) is 6.25. The van der Waals surface area contributed by atoms with Crippen molar-refractivity contribution in [1.82, 2.24) is 16.0 Å². The van der Waals surface area contributed by atoms with Crippen molar-refractivity contribution in [2.24, 2.45) is 11.8 Å². The van der Waals surface area contributed by atoms with Crippen LogP contribution in [0.2, 0.25) is 0 Å². The van der Waals surface area contributed by atoms with Crippen LogP contribution in [-0.2, 0) is 26.2 Å². The van der Waals surface area contributed by atoms with Crippen LogP contribution in [0.15, 0.2) is 48.5 Å². The van der Waals surface area contributed by atoms with E-state index in [-0.39, 0.29) is 60.5 Å². The molecule has 2 aromatic rings. The number of hydrogen-bond donors (Lipinski definition) is 5. The minimum Gasteiger partial charge on any atom is -0.478 e. The third kappa shape index (κ3) is 10.1. The Morgan fingerprint density at radius 2 is 1.66 bits per heavy atom. The van der Waals surface area contributed by atoms with Gasteiger partial charge in [-0.25, -0.2) is 13.2 Å². The summed E-state index contributed by atoms with van der Waals surface area (Å²) in [7, 11) is -3.40. The zero-order valence-corrected chi connectivity index (χ0v) is 26.1. The SMILES string of the molecule is CC(C)C[C@H](NC(=O)c1cccc(N2CCCS2(=O)=O)c1)[C@@H](O)C[C@@H](C)C(=O)NCCC(=O)NCc1ccc(C(=O)O)cc1. The summed E-state index contributed by atoms with van der Waals surface area (Å²) in [5.74, 6) is -2.50. The number of benzene rings is 2. The maximum atomic E-state index is 13.1. The van der Waals surface area contributed by atoms with E-state index in [2.05, 4.69) is 16.0 Å². The van der Waals surface area contributed by atoms with Gasteiger partial charge in [-0.2, -0.15) is 0 Å². The number of carbonyl (C=O) groups excluding carboxylic acids is 3. The summed E-state index contributed by atoms with van der Waals surface area (Å²) in [4.78, 5) is 49.0. The van der Waals surface area contributed by atoms with Crippen molar-refractivity contribution in [3.8, 4) is 0 Å². The van der Waals surface area contributed by atoms with E-state index >= 15 is 0 Å². The average Bonchev–Trinajstić information content (AvgIpc) is 3.34. The van der Waals surface area contributed by atoms with Crippen LogP contribution < -0.4 is 20.3 Å². The number of nitrogens with one attached hydrogen (secondary N) is 3. The molecule has 44 heavy (non-hydrogen) atoms. The zero-order valence-electron chi connectivity index (χ0n) is 25.3. The molecule has 3 atom stereocenters. The van der Waals surface area contributed by atoms with Gasteiger partial charge in [0.25, 0.3) is 5.91 Å². The van der Waals surface area contributed by atoms with E-state index in [1.54, 1.807) is 37.3 Å². The molecule has 13 heteroatoms. The summed E-state index contributed by atoms with van der Waals surface area (Å²) >= 11 is 0. The molecular weight excluding hydrogens is 588 g/mol. The monoisotopic (exact) mass is 630 g/mol. The Morgan fingerprint density at radius 1 is 0.955 bits per heavy atom. The Morgan fingerprint density at radius 3 is 2.27 bits per heavy atom. The number of carbonyl (C=O) groups is 4. The van der Waals surface area contributed by atoms with Gasteiger partial charge < -0.3 is 26.2 Å². The van der Waals surface area contributed by atoms with Gasteiger partial charge in [0.1, 0.15) is 0 Å². The predicted octanol–water partition coefficient (Wildman–Crippen LogP) is 2.28. The molecule has 0 radical (unpaired) electrons. The Labute approximate surface area is 258 Å². The fourth-order valence-corrected chi connectivity index (χ4v) is 6.52.